The zero-order valence-corrected chi connectivity index (χ0v) is 19.6. The van der Waals surface area contributed by atoms with Crippen molar-refractivity contribution in [3.63, 3.8) is 0 Å². The highest BCUT2D eigenvalue weighted by Gasteiger charge is 2.22. The van der Waals surface area contributed by atoms with Gasteiger partial charge in [0, 0.05) is 50.0 Å². The van der Waals surface area contributed by atoms with Crippen molar-refractivity contribution in [2.24, 2.45) is 0 Å². The Balaban J connectivity index is 1.43. The first kappa shape index (κ1) is 24.2. The van der Waals surface area contributed by atoms with E-state index in [0.717, 1.165) is 44.4 Å². The molecule has 8 heteroatoms. The Labute approximate surface area is 198 Å². The van der Waals surface area contributed by atoms with Crippen LogP contribution in [0.3, 0.4) is 0 Å². The largest absolute Gasteiger partial charge is 0.301 e. The molecule has 1 fully saturated rings. The number of nitrogens with zero attached hydrogens (tertiary/aromatic N) is 5. The predicted molar refractivity (Wildman–Crippen MR) is 128 cm³/mol. The zero-order chi connectivity index (χ0) is 24.1. The summed E-state index contributed by atoms with van der Waals surface area (Å²) in [6.45, 7) is 9.44. The van der Waals surface area contributed by atoms with E-state index in [4.69, 9.17) is 0 Å². The molecule has 1 aromatic heterocycles. The van der Waals surface area contributed by atoms with Gasteiger partial charge in [-0.1, -0.05) is 29.6 Å². The lowest BCUT2D eigenvalue weighted by Gasteiger charge is -2.39. The molecule has 3 aromatic rings. The van der Waals surface area contributed by atoms with E-state index in [2.05, 4.69) is 45.7 Å². The maximum Gasteiger partial charge on any atom is 0.254 e. The molecule has 1 atom stereocenters. The SMILES string of the molecule is CCN1CCN(Cc2cccc(-c3ccnc(N(F)CCc4cc(F)cc(F)c4)n3)c2)[C@@H](C)C1. The molecule has 0 amide bonds. The van der Waals surface area contributed by atoms with E-state index in [0.29, 0.717) is 22.4 Å². The second-order valence-corrected chi connectivity index (χ2v) is 8.77. The van der Waals surface area contributed by atoms with Gasteiger partial charge in [0.1, 0.15) is 11.6 Å². The highest BCUT2D eigenvalue weighted by molar-refractivity contribution is 5.61. The zero-order valence-electron chi connectivity index (χ0n) is 19.6. The van der Waals surface area contributed by atoms with Gasteiger partial charge in [0.05, 0.1) is 12.2 Å². The van der Waals surface area contributed by atoms with E-state index in [1.54, 1.807) is 6.07 Å². The van der Waals surface area contributed by atoms with Crippen molar-refractivity contribution in [2.45, 2.75) is 32.9 Å². The van der Waals surface area contributed by atoms with Crippen LogP contribution in [0.25, 0.3) is 11.3 Å². The van der Waals surface area contributed by atoms with Crippen LogP contribution in [0, 0.1) is 11.6 Å². The average molecular weight is 470 g/mol. The maximum atomic E-state index is 14.7. The molecule has 0 bridgehead atoms. The van der Waals surface area contributed by atoms with E-state index in [-0.39, 0.29) is 18.9 Å². The van der Waals surface area contributed by atoms with E-state index in [9.17, 15) is 13.3 Å². The van der Waals surface area contributed by atoms with Crippen LogP contribution >= 0.6 is 0 Å². The van der Waals surface area contributed by atoms with Crippen LogP contribution in [-0.2, 0) is 13.0 Å². The van der Waals surface area contributed by atoms with Crippen LogP contribution in [0.5, 0.6) is 0 Å². The molecule has 2 heterocycles. The quantitative estimate of drug-likeness (QED) is 0.440. The number of likely N-dealkylation sites (N-methyl/N-ethyl adjacent to an activating group) is 1. The van der Waals surface area contributed by atoms with E-state index >= 15 is 0 Å². The Hall–Kier alpha value is -2.97. The summed E-state index contributed by atoms with van der Waals surface area (Å²) in [6.07, 6.45) is 1.64. The molecular formula is C26H30F3N5. The topological polar surface area (TPSA) is 35.5 Å². The van der Waals surface area contributed by atoms with Gasteiger partial charge in [0.15, 0.2) is 0 Å². The number of halogens is 3. The molecule has 0 N–H and O–H groups in total. The normalized spacial score (nSPS) is 17.1. The molecule has 0 unspecified atom stereocenters. The molecule has 1 aliphatic rings. The minimum Gasteiger partial charge on any atom is -0.301 e. The summed E-state index contributed by atoms with van der Waals surface area (Å²) < 4.78 is 41.5. The van der Waals surface area contributed by atoms with Gasteiger partial charge in [0.25, 0.3) is 5.95 Å². The smallest absolute Gasteiger partial charge is 0.254 e. The second kappa shape index (κ2) is 11.0. The molecule has 0 spiro atoms. The van der Waals surface area contributed by atoms with Crippen LogP contribution in [0.2, 0.25) is 0 Å². The third-order valence-corrected chi connectivity index (χ3v) is 6.28. The van der Waals surface area contributed by atoms with Gasteiger partial charge in [-0.3, -0.25) is 4.90 Å². The monoisotopic (exact) mass is 469 g/mol. The Morgan fingerprint density at radius 1 is 1.03 bits per heavy atom. The van der Waals surface area contributed by atoms with E-state index < -0.39 is 11.6 Å². The van der Waals surface area contributed by atoms with Crippen molar-refractivity contribution in [1.29, 1.82) is 0 Å². The Kier molecular flexibility index (Phi) is 7.80. The Morgan fingerprint density at radius 3 is 2.56 bits per heavy atom. The van der Waals surface area contributed by atoms with Crippen LogP contribution in [0.4, 0.5) is 19.2 Å². The first-order valence-electron chi connectivity index (χ1n) is 11.7. The molecule has 1 aliphatic heterocycles. The van der Waals surface area contributed by atoms with Gasteiger partial charge in [-0.05, 0) is 55.3 Å². The number of anilines is 1. The number of rotatable bonds is 8. The molecule has 4 rings (SSSR count). The minimum atomic E-state index is -0.680. The summed E-state index contributed by atoms with van der Waals surface area (Å²) in [6, 6.07) is 13.6. The van der Waals surface area contributed by atoms with Gasteiger partial charge in [-0.15, -0.1) is 0 Å². The van der Waals surface area contributed by atoms with Gasteiger partial charge in [0.2, 0.25) is 0 Å². The molecule has 0 aliphatic carbocycles. The Morgan fingerprint density at radius 2 is 1.82 bits per heavy atom. The second-order valence-electron chi connectivity index (χ2n) is 8.77. The molecular weight excluding hydrogens is 439 g/mol. The lowest BCUT2D eigenvalue weighted by Crippen LogP contribution is -2.51. The van der Waals surface area contributed by atoms with Crippen molar-refractivity contribution in [3.8, 4) is 11.3 Å². The van der Waals surface area contributed by atoms with Crippen molar-refractivity contribution < 1.29 is 13.3 Å². The summed E-state index contributed by atoms with van der Waals surface area (Å²) in [5, 5.41) is 0.408. The molecule has 180 valence electrons. The minimum absolute atomic E-state index is 0.0795. The standard InChI is InChI=1S/C26H30F3N5/c1-3-32-11-12-33(19(2)17-32)18-21-5-4-6-22(13-21)25-7-9-30-26(31-25)34(29)10-8-20-14-23(27)16-24(28)15-20/h4-7,9,13-16,19H,3,8,10-12,17-18H2,1-2H3/t19-/m0/s1. The van der Waals surface area contributed by atoms with Crippen molar-refractivity contribution in [3.05, 3.63) is 77.5 Å². The summed E-state index contributed by atoms with van der Waals surface area (Å²) >= 11 is 0. The number of hydrogen-bond donors (Lipinski definition) is 0. The van der Waals surface area contributed by atoms with Crippen LogP contribution in [-0.4, -0.2) is 58.5 Å². The highest BCUT2D eigenvalue weighted by atomic mass is 19.2. The average Bonchev–Trinajstić information content (AvgIpc) is 2.83. The summed E-state index contributed by atoms with van der Waals surface area (Å²) in [7, 11) is 0. The molecule has 1 saturated heterocycles. The first-order chi connectivity index (χ1) is 16.4. The number of aromatic nitrogens is 2. The molecule has 34 heavy (non-hydrogen) atoms. The summed E-state index contributed by atoms with van der Waals surface area (Å²) in [4.78, 5) is 13.4. The van der Waals surface area contributed by atoms with Crippen molar-refractivity contribution in [2.75, 3.05) is 37.8 Å². The predicted octanol–water partition coefficient (Wildman–Crippen LogP) is 4.88. The van der Waals surface area contributed by atoms with Crippen molar-refractivity contribution >= 4 is 5.95 Å². The van der Waals surface area contributed by atoms with Gasteiger partial charge in [-0.2, -0.15) is 5.12 Å². The summed E-state index contributed by atoms with van der Waals surface area (Å²) in [5.41, 5.74) is 3.06. The number of piperazine rings is 1. The molecule has 0 saturated carbocycles. The van der Waals surface area contributed by atoms with E-state index in [1.807, 2.05) is 12.1 Å². The third kappa shape index (κ3) is 6.12. The number of hydrogen-bond acceptors (Lipinski definition) is 5. The van der Waals surface area contributed by atoms with Gasteiger partial charge < -0.3 is 4.90 Å². The lowest BCUT2D eigenvalue weighted by atomic mass is 10.1. The highest BCUT2D eigenvalue weighted by Crippen LogP contribution is 2.22. The maximum absolute atomic E-state index is 14.7. The van der Waals surface area contributed by atoms with Gasteiger partial charge >= 0.3 is 0 Å². The van der Waals surface area contributed by atoms with Crippen LogP contribution < -0.4 is 5.12 Å². The van der Waals surface area contributed by atoms with Crippen molar-refractivity contribution in [1.82, 2.24) is 19.8 Å². The molecule has 5 nitrogen and oxygen atoms in total. The lowest BCUT2D eigenvalue weighted by molar-refractivity contribution is 0.0812. The number of benzene rings is 2. The van der Waals surface area contributed by atoms with Crippen LogP contribution in [0.1, 0.15) is 25.0 Å². The van der Waals surface area contributed by atoms with Gasteiger partial charge in [-0.25, -0.2) is 18.7 Å². The third-order valence-electron chi connectivity index (χ3n) is 6.28. The fourth-order valence-electron chi connectivity index (χ4n) is 4.36. The fourth-order valence-corrected chi connectivity index (χ4v) is 4.36. The van der Waals surface area contributed by atoms with Crippen LogP contribution in [0.15, 0.2) is 54.7 Å². The fraction of sp³-hybridized carbons (Fsp3) is 0.385. The van der Waals surface area contributed by atoms with E-state index in [1.165, 1.54) is 23.9 Å². The first-order valence-corrected chi connectivity index (χ1v) is 11.7. The molecule has 0 radical (unpaired) electrons. The Bertz CT molecular complexity index is 1090. The molecule has 2 aromatic carbocycles. The summed E-state index contributed by atoms with van der Waals surface area (Å²) in [5.74, 6) is -1.44.